The Morgan fingerprint density at radius 2 is 1.60 bits per heavy atom. The summed E-state index contributed by atoms with van der Waals surface area (Å²) in [5.74, 6) is 2.44. The van der Waals surface area contributed by atoms with Crippen LogP contribution in [0.1, 0.15) is 48.5 Å². The predicted octanol–water partition coefficient (Wildman–Crippen LogP) is 5.38. The van der Waals surface area contributed by atoms with Gasteiger partial charge in [-0.25, -0.2) is 0 Å². The average Bonchev–Trinajstić information content (AvgIpc) is 2.35. The smallest absolute Gasteiger partial charge is 0.127 e. The fraction of sp³-hybridized carbons (Fsp3) is 0.556. The van der Waals surface area contributed by atoms with Crippen LogP contribution >= 0.6 is 0 Å². The molecule has 1 atom stereocenters. The maximum atomic E-state index is 9.36. The summed E-state index contributed by atoms with van der Waals surface area (Å²) in [6, 6.07) is 6.88. The summed E-state index contributed by atoms with van der Waals surface area (Å²) in [4.78, 5) is 0. The molecule has 0 aliphatic heterocycles. The number of hydrogen-bond acceptors (Lipinski definition) is 2. The molecule has 1 unspecified atom stereocenters. The summed E-state index contributed by atoms with van der Waals surface area (Å²) in [7, 11) is 0. The molecular formula is C18H28O2. The molecule has 2 nitrogen and oxygen atoms in total. The second-order valence-electron chi connectivity index (χ2n) is 6.86. The van der Waals surface area contributed by atoms with Gasteiger partial charge in [-0.3, -0.25) is 0 Å². The van der Waals surface area contributed by atoms with Crippen molar-refractivity contribution >= 4 is 0 Å². The van der Waals surface area contributed by atoms with Gasteiger partial charge in [-0.05, 0) is 48.6 Å². The van der Waals surface area contributed by atoms with Crippen LogP contribution in [-0.4, -0.2) is 5.11 Å². The van der Waals surface area contributed by atoms with Gasteiger partial charge in [0.2, 0.25) is 0 Å². The third-order valence-corrected chi connectivity index (χ3v) is 4.55. The minimum Gasteiger partial charge on any atom is -0.508 e. The molecule has 0 heterocycles. The molecule has 20 heavy (non-hydrogen) atoms. The predicted molar refractivity (Wildman–Crippen MR) is 84.9 cm³/mol. The molecule has 0 spiro atoms. The van der Waals surface area contributed by atoms with E-state index in [-0.39, 0.29) is 16.6 Å². The molecule has 0 amide bonds. The van der Waals surface area contributed by atoms with E-state index in [0.29, 0.717) is 5.92 Å². The number of aromatic hydroxyl groups is 1. The Hall–Kier alpha value is -1.44. The zero-order valence-corrected chi connectivity index (χ0v) is 13.8. The van der Waals surface area contributed by atoms with Crippen LogP contribution in [0.5, 0.6) is 11.5 Å². The van der Waals surface area contributed by atoms with Crippen LogP contribution in [0.3, 0.4) is 0 Å². The molecule has 2 heteroatoms. The SMILES string of the molecule is CC=C(Oc1ccc(O)cc1)C(C)(C(C)C)C(C)(C)C. The van der Waals surface area contributed by atoms with E-state index in [0.717, 1.165) is 11.5 Å². The average molecular weight is 276 g/mol. The lowest BCUT2D eigenvalue weighted by molar-refractivity contribution is 0.0514. The minimum absolute atomic E-state index is 0.0698. The lowest BCUT2D eigenvalue weighted by Gasteiger charge is -2.46. The number of phenolic OH excluding ortho intramolecular Hbond substituents is 1. The van der Waals surface area contributed by atoms with Crippen LogP contribution in [0.4, 0.5) is 0 Å². The standard InChI is InChI=1S/C18H28O2/c1-8-16(18(7,13(2)3)17(4,5)6)20-15-11-9-14(19)10-12-15/h8-13,19H,1-7H3. The first kappa shape index (κ1) is 16.6. The van der Waals surface area contributed by atoms with E-state index in [1.165, 1.54) is 0 Å². The second-order valence-corrected chi connectivity index (χ2v) is 6.86. The Balaban J connectivity index is 3.14. The zero-order valence-electron chi connectivity index (χ0n) is 13.8. The molecule has 0 aromatic heterocycles. The third-order valence-electron chi connectivity index (χ3n) is 4.55. The van der Waals surface area contributed by atoms with E-state index in [2.05, 4.69) is 47.6 Å². The van der Waals surface area contributed by atoms with Gasteiger partial charge in [0.15, 0.2) is 0 Å². The Morgan fingerprint density at radius 3 is 1.95 bits per heavy atom. The van der Waals surface area contributed by atoms with Gasteiger partial charge in [-0.2, -0.15) is 0 Å². The van der Waals surface area contributed by atoms with Crippen molar-refractivity contribution in [3.05, 3.63) is 36.1 Å². The highest BCUT2D eigenvalue weighted by Gasteiger charge is 2.44. The lowest BCUT2D eigenvalue weighted by atomic mass is 9.60. The van der Waals surface area contributed by atoms with Crippen LogP contribution < -0.4 is 4.74 Å². The van der Waals surface area contributed by atoms with Crippen LogP contribution in [-0.2, 0) is 0 Å². The van der Waals surface area contributed by atoms with Crippen LogP contribution in [0.25, 0.3) is 0 Å². The van der Waals surface area contributed by atoms with Crippen molar-refractivity contribution < 1.29 is 9.84 Å². The molecular weight excluding hydrogens is 248 g/mol. The fourth-order valence-corrected chi connectivity index (χ4v) is 2.63. The molecule has 0 fully saturated rings. The number of ether oxygens (including phenoxy) is 1. The lowest BCUT2D eigenvalue weighted by Crippen LogP contribution is -2.41. The van der Waals surface area contributed by atoms with Crippen molar-refractivity contribution in [1.82, 2.24) is 0 Å². The van der Waals surface area contributed by atoms with Gasteiger partial charge in [-0.15, -0.1) is 0 Å². The molecule has 1 aromatic carbocycles. The van der Waals surface area contributed by atoms with Crippen molar-refractivity contribution in [2.75, 3.05) is 0 Å². The van der Waals surface area contributed by atoms with E-state index in [9.17, 15) is 5.11 Å². The van der Waals surface area contributed by atoms with E-state index in [1.54, 1.807) is 24.3 Å². The van der Waals surface area contributed by atoms with Crippen molar-refractivity contribution in [2.24, 2.45) is 16.7 Å². The van der Waals surface area contributed by atoms with Crippen LogP contribution in [0.2, 0.25) is 0 Å². The molecule has 1 rings (SSSR count). The van der Waals surface area contributed by atoms with Gasteiger partial charge in [-0.1, -0.05) is 41.5 Å². The summed E-state index contributed by atoms with van der Waals surface area (Å²) < 4.78 is 6.12. The number of hydrogen-bond donors (Lipinski definition) is 1. The van der Waals surface area contributed by atoms with Gasteiger partial charge < -0.3 is 9.84 Å². The topological polar surface area (TPSA) is 29.5 Å². The molecule has 112 valence electrons. The highest BCUT2D eigenvalue weighted by molar-refractivity contribution is 5.32. The minimum atomic E-state index is -0.0698. The van der Waals surface area contributed by atoms with E-state index in [1.807, 2.05) is 6.92 Å². The Bertz CT molecular complexity index is 463. The van der Waals surface area contributed by atoms with Crippen molar-refractivity contribution in [3.8, 4) is 11.5 Å². The maximum absolute atomic E-state index is 9.36. The molecule has 0 aliphatic rings. The van der Waals surface area contributed by atoms with Gasteiger partial charge in [0, 0.05) is 5.41 Å². The summed E-state index contributed by atoms with van der Waals surface area (Å²) in [6.07, 6.45) is 2.05. The summed E-state index contributed by atoms with van der Waals surface area (Å²) >= 11 is 0. The normalized spacial score (nSPS) is 16.1. The third kappa shape index (κ3) is 3.17. The molecule has 0 saturated heterocycles. The summed E-state index contributed by atoms with van der Waals surface area (Å²) in [6.45, 7) is 15.5. The first-order chi connectivity index (χ1) is 9.12. The Labute approximate surface area is 123 Å². The van der Waals surface area contributed by atoms with Crippen molar-refractivity contribution in [3.63, 3.8) is 0 Å². The quantitative estimate of drug-likeness (QED) is 0.748. The monoisotopic (exact) mass is 276 g/mol. The fourth-order valence-electron chi connectivity index (χ4n) is 2.63. The number of benzene rings is 1. The van der Waals surface area contributed by atoms with Crippen molar-refractivity contribution in [1.29, 1.82) is 0 Å². The highest BCUT2D eigenvalue weighted by Crippen LogP contribution is 2.50. The van der Waals surface area contributed by atoms with Gasteiger partial charge in [0.25, 0.3) is 0 Å². The van der Waals surface area contributed by atoms with Crippen LogP contribution in [0, 0.1) is 16.7 Å². The molecule has 1 aromatic rings. The van der Waals surface area contributed by atoms with Crippen LogP contribution in [0.15, 0.2) is 36.1 Å². The first-order valence-electron chi connectivity index (χ1n) is 7.26. The zero-order chi connectivity index (χ0) is 15.6. The number of phenols is 1. The molecule has 1 N–H and O–H groups in total. The van der Waals surface area contributed by atoms with E-state index < -0.39 is 0 Å². The van der Waals surface area contributed by atoms with Gasteiger partial charge >= 0.3 is 0 Å². The maximum Gasteiger partial charge on any atom is 0.127 e. The van der Waals surface area contributed by atoms with Crippen molar-refractivity contribution in [2.45, 2.75) is 48.5 Å². The molecule has 0 saturated carbocycles. The van der Waals surface area contributed by atoms with E-state index in [4.69, 9.17) is 4.74 Å². The van der Waals surface area contributed by atoms with Gasteiger partial charge in [0.1, 0.15) is 17.3 Å². The highest BCUT2D eigenvalue weighted by atomic mass is 16.5. The summed E-state index contributed by atoms with van der Waals surface area (Å²) in [5, 5.41) is 9.36. The number of rotatable bonds is 4. The molecule has 0 radical (unpaired) electrons. The Morgan fingerprint density at radius 1 is 1.10 bits per heavy atom. The molecule has 0 bridgehead atoms. The molecule has 0 aliphatic carbocycles. The van der Waals surface area contributed by atoms with E-state index >= 15 is 0 Å². The largest absolute Gasteiger partial charge is 0.508 e. The Kier molecular flexibility index (Phi) is 4.90. The summed E-state index contributed by atoms with van der Waals surface area (Å²) in [5.41, 5.74) is 0.0135. The second kappa shape index (κ2) is 5.90. The number of allylic oxidation sites excluding steroid dienone is 2. The van der Waals surface area contributed by atoms with Gasteiger partial charge in [0.05, 0.1) is 0 Å². The first-order valence-corrected chi connectivity index (χ1v) is 7.26.